The lowest BCUT2D eigenvalue weighted by molar-refractivity contribution is 0.230. The summed E-state index contributed by atoms with van der Waals surface area (Å²) in [7, 11) is 10.1. The van der Waals surface area contributed by atoms with E-state index in [1.54, 1.807) is 52.1 Å². The Balaban J connectivity index is 0.000000335. The number of nitrogens with one attached hydrogen (secondary N) is 3. The zero-order valence-corrected chi connectivity index (χ0v) is 22.3. The molecule has 0 unspecified atom stereocenters. The standard InChI is InChI=1S/C19H24N4O2.C9H12N2O/c1-20-18(24)22(3)16-9-5-14(6-10-16)13-15-7-11-17(12-8-15)23(4)19(25)21-2;1-11(2)9(12)10-8-6-4-3-5-7-8/h5-12H,13H2,1-4H3,(H,20,24)(H,21,25);3-7H,1-2H3,(H,10,12). The second-order valence-corrected chi connectivity index (χ2v) is 8.43. The summed E-state index contributed by atoms with van der Waals surface area (Å²) in [6, 6.07) is 24.7. The van der Waals surface area contributed by atoms with Gasteiger partial charge in [-0.3, -0.25) is 9.80 Å². The van der Waals surface area contributed by atoms with E-state index in [0.29, 0.717) is 0 Å². The minimum atomic E-state index is -0.149. The Morgan fingerprint density at radius 3 is 1.35 bits per heavy atom. The number of carbonyl (C=O) groups is 3. The Morgan fingerprint density at radius 2 is 1.00 bits per heavy atom. The van der Waals surface area contributed by atoms with Crippen molar-refractivity contribution in [1.29, 1.82) is 0 Å². The van der Waals surface area contributed by atoms with Crippen LogP contribution in [-0.2, 0) is 6.42 Å². The molecule has 0 aliphatic carbocycles. The summed E-state index contributed by atoms with van der Waals surface area (Å²) in [5, 5.41) is 7.93. The normalized spacial score (nSPS) is 9.78. The van der Waals surface area contributed by atoms with Gasteiger partial charge in [0.1, 0.15) is 0 Å². The van der Waals surface area contributed by atoms with Crippen LogP contribution in [-0.4, -0.2) is 65.3 Å². The second-order valence-electron chi connectivity index (χ2n) is 8.43. The molecule has 6 amide bonds. The van der Waals surface area contributed by atoms with E-state index in [0.717, 1.165) is 34.6 Å². The van der Waals surface area contributed by atoms with E-state index in [2.05, 4.69) is 16.0 Å². The Kier molecular flexibility index (Phi) is 11.0. The molecule has 0 saturated carbocycles. The second kappa shape index (κ2) is 14.1. The van der Waals surface area contributed by atoms with Crippen LogP contribution < -0.4 is 25.8 Å². The molecule has 0 atom stereocenters. The number of hydrogen-bond donors (Lipinski definition) is 3. The van der Waals surface area contributed by atoms with Gasteiger partial charge < -0.3 is 20.9 Å². The summed E-state index contributed by atoms with van der Waals surface area (Å²) < 4.78 is 0. The molecular weight excluding hydrogens is 468 g/mol. The number of para-hydroxylation sites is 1. The van der Waals surface area contributed by atoms with Gasteiger partial charge in [-0.25, -0.2) is 14.4 Å². The molecule has 9 heteroatoms. The van der Waals surface area contributed by atoms with E-state index in [4.69, 9.17) is 0 Å². The number of benzene rings is 3. The predicted octanol–water partition coefficient (Wildman–Crippen LogP) is 4.61. The van der Waals surface area contributed by atoms with E-state index in [9.17, 15) is 14.4 Å². The molecule has 0 spiro atoms. The predicted molar refractivity (Wildman–Crippen MR) is 151 cm³/mol. The Morgan fingerprint density at radius 1 is 0.595 bits per heavy atom. The van der Waals surface area contributed by atoms with Gasteiger partial charge in [0, 0.05) is 59.3 Å². The number of anilines is 3. The van der Waals surface area contributed by atoms with Gasteiger partial charge in [0.05, 0.1) is 0 Å². The van der Waals surface area contributed by atoms with Crippen molar-refractivity contribution in [2.75, 3.05) is 57.4 Å². The van der Waals surface area contributed by atoms with Crippen LogP contribution >= 0.6 is 0 Å². The maximum atomic E-state index is 11.6. The summed E-state index contributed by atoms with van der Waals surface area (Å²) in [4.78, 5) is 39.0. The van der Waals surface area contributed by atoms with Crippen molar-refractivity contribution in [3.8, 4) is 0 Å². The molecule has 0 heterocycles. The molecule has 0 aliphatic rings. The summed E-state index contributed by atoms with van der Waals surface area (Å²) in [5.74, 6) is 0. The third-order valence-corrected chi connectivity index (χ3v) is 5.52. The number of rotatable bonds is 5. The quantitative estimate of drug-likeness (QED) is 0.473. The van der Waals surface area contributed by atoms with Crippen LogP contribution in [0.2, 0.25) is 0 Å². The van der Waals surface area contributed by atoms with Crippen LogP contribution in [0.15, 0.2) is 78.9 Å². The minimum absolute atomic E-state index is 0.110. The fourth-order valence-electron chi connectivity index (χ4n) is 3.24. The van der Waals surface area contributed by atoms with Gasteiger partial charge in [0.25, 0.3) is 0 Å². The first-order valence-electron chi connectivity index (χ1n) is 11.8. The van der Waals surface area contributed by atoms with Crippen LogP contribution in [0.4, 0.5) is 31.4 Å². The fraction of sp³-hybridized carbons (Fsp3) is 0.250. The summed E-state index contributed by atoms with van der Waals surface area (Å²) >= 11 is 0. The fourth-order valence-corrected chi connectivity index (χ4v) is 3.24. The van der Waals surface area contributed by atoms with Crippen LogP contribution in [0, 0.1) is 0 Å². The molecule has 0 bridgehead atoms. The Hall–Kier alpha value is -4.53. The monoisotopic (exact) mass is 504 g/mol. The number of amides is 6. The topological polar surface area (TPSA) is 97.0 Å². The Bertz CT molecular complexity index is 1090. The molecule has 37 heavy (non-hydrogen) atoms. The minimum Gasteiger partial charge on any atom is -0.341 e. The van der Waals surface area contributed by atoms with Crippen LogP contribution in [0.5, 0.6) is 0 Å². The van der Waals surface area contributed by atoms with Crippen molar-refractivity contribution in [3.63, 3.8) is 0 Å². The third kappa shape index (κ3) is 8.88. The molecule has 0 fully saturated rings. The van der Waals surface area contributed by atoms with Crippen molar-refractivity contribution < 1.29 is 14.4 Å². The lowest BCUT2D eigenvalue weighted by Crippen LogP contribution is -2.34. The Labute approximate surface area is 219 Å². The van der Waals surface area contributed by atoms with Crippen molar-refractivity contribution in [1.82, 2.24) is 15.5 Å². The average Bonchev–Trinajstić information content (AvgIpc) is 2.93. The first-order valence-corrected chi connectivity index (χ1v) is 11.8. The molecule has 0 aliphatic heterocycles. The SMILES string of the molecule is CN(C)C(=O)Nc1ccccc1.CNC(=O)N(C)c1ccc(Cc2ccc(N(C)C(=O)NC)cc2)cc1. The molecule has 196 valence electrons. The highest BCUT2D eigenvalue weighted by molar-refractivity contribution is 5.91. The van der Waals surface area contributed by atoms with E-state index in [1.807, 2.05) is 78.9 Å². The van der Waals surface area contributed by atoms with Gasteiger partial charge in [-0.1, -0.05) is 42.5 Å². The zero-order chi connectivity index (χ0) is 27.4. The summed E-state index contributed by atoms with van der Waals surface area (Å²) in [6.45, 7) is 0. The van der Waals surface area contributed by atoms with Crippen molar-refractivity contribution in [2.45, 2.75) is 6.42 Å². The van der Waals surface area contributed by atoms with Gasteiger partial charge in [-0.2, -0.15) is 0 Å². The van der Waals surface area contributed by atoms with E-state index < -0.39 is 0 Å². The van der Waals surface area contributed by atoms with Gasteiger partial charge in [0.15, 0.2) is 0 Å². The van der Waals surface area contributed by atoms with Crippen LogP contribution in [0.1, 0.15) is 11.1 Å². The zero-order valence-electron chi connectivity index (χ0n) is 22.3. The molecule has 3 aromatic rings. The highest BCUT2D eigenvalue weighted by Gasteiger charge is 2.10. The number of urea groups is 3. The highest BCUT2D eigenvalue weighted by atomic mass is 16.2. The number of nitrogens with zero attached hydrogens (tertiary/aromatic N) is 3. The summed E-state index contributed by atoms with van der Waals surface area (Å²) in [6.07, 6.45) is 0.786. The molecule has 9 nitrogen and oxygen atoms in total. The molecule has 0 aromatic heterocycles. The van der Waals surface area contributed by atoms with Crippen LogP contribution in [0.25, 0.3) is 0 Å². The highest BCUT2D eigenvalue weighted by Crippen LogP contribution is 2.19. The lowest BCUT2D eigenvalue weighted by atomic mass is 10.0. The maximum absolute atomic E-state index is 11.6. The van der Waals surface area contributed by atoms with E-state index >= 15 is 0 Å². The van der Waals surface area contributed by atoms with Crippen molar-refractivity contribution in [2.24, 2.45) is 0 Å². The first-order chi connectivity index (χ1) is 17.7. The van der Waals surface area contributed by atoms with Gasteiger partial charge >= 0.3 is 18.1 Å². The third-order valence-electron chi connectivity index (χ3n) is 5.52. The van der Waals surface area contributed by atoms with E-state index in [1.165, 1.54) is 4.90 Å². The van der Waals surface area contributed by atoms with Gasteiger partial charge in [-0.15, -0.1) is 0 Å². The molecule has 3 rings (SSSR count). The van der Waals surface area contributed by atoms with E-state index in [-0.39, 0.29) is 18.1 Å². The molecule has 0 saturated heterocycles. The first kappa shape index (κ1) is 28.7. The van der Waals surface area contributed by atoms with Crippen molar-refractivity contribution >= 4 is 35.2 Å². The van der Waals surface area contributed by atoms with Crippen molar-refractivity contribution in [3.05, 3.63) is 90.0 Å². The maximum Gasteiger partial charge on any atom is 0.321 e. The smallest absolute Gasteiger partial charge is 0.321 e. The van der Waals surface area contributed by atoms with Gasteiger partial charge in [0.2, 0.25) is 0 Å². The van der Waals surface area contributed by atoms with Gasteiger partial charge in [-0.05, 0) is 53.9 Å². The average molecular weight is 505 g/mol. The molecule has 3 N–H and O–H groups in total. The largest absolute Gasteiger partial charge is 0.341 e. The molecule has 0 radical (unpaired) electrons. The number of hydrogen-bond acceptors (Lipinski definition) is 3. The lowest BCUT2D eigenvalue weighted by Gasteiger charge is -2.17. The molecule has 3 aromatic carbocycles. The molecular formula is C28H36N6O3. The number of carbonyl (C=O) groups excluding carboxylic acids is 3. The summed E-state index contributed by atoms with van der Waals surface area (Å²) in [5.41, 5.74) is 4.80. The van der Waals surface area contributed by atoms with Crippen LogP contribution in [0.3, 0.4) is 0 Å².